The number of aromatic nitrogens is 1. The Bertz CT molecular complexity index is 659. The van der Waals surface area contributed by atoms with E-state index in [4.69, 9.17) is 5.73 Å². The molecule has 2 aromatic rings. The van der Waals surface area contributed by atoms with Crippen molar-refractivity contribution in [3.05, 3.63) is 35.0 Å². The van der Waals surface area contributed by atoms with Crippen molar-refractivity contribution in [1.29, 1.82) is 0 Å². The largest absolute Gasteiger partial charge is 0.478 e. The molecule has 0 atom stereocenters. The van der Waals surface area contributed by atoms with E-state index in [0.717, 1.165) is 49.6 Å². The maximum Gasteiger partial charge on any atom is 0.335 e. The van der Waals surface area contributed by atoms with Crippen molar-refractivity contribution < 1.29 is 9.90 Å². The third kappa shape index (κ3) is 3.33. The standard InChI is InChI=1S/C18H26N2O2/c1-3-5-9-20-12-14(7-6-8-19)16-11-15(18(21)22)10-13(4-2)17(16)20/h10-12H,3-9,19H2,1-2H3,(H,21,22). The first-order chi connectivity index (χ1) is 10.6. The van der Waals surface area contributed by atoms with Gasteiger partial charge in [0.2, 0.25) is 0 Å². The lowest BCUT2D eigenvalue weighted by molar-refractivity contribution is 0.0697. The zero-order chi connectivity index (χ0) is 16.1. The molecular weight excluding hydrogens is 276 g/mol. The molecule has 0 bridgehead atoms. The summed E-state index contributed by atoms with van der Waals surface area (Å²) >= 11 is 0. The number of fused-ring (bicyclic) bond motifs is 1. The summed E-state index contributed by atoms with van der Waals surface area (Å²) in [6, 6.07) is 3.64. The number of carboxylic acid groups (broad SMARTS) is 1. The Hall–Kier alpha value is -1.81. The second-order valence-corrected chi connectivity index (χ2v) is 5.78. The van der Waals surface area contributed by atoms with E-state index in [1.54, 1.807) is 0 Å². The highest BCUT2D eigenvalue weighted by molar-refractivity contribution is 5.96. The van der Waals surface area contributed by atoms with Crippen molar-refractivity contribution in [2.24, 2.45) is 5.73 Å². The first-order valence-electron chi connectivity index (χ1n) is 8.20. The number of nitrogens with two attached hydrogens (primary N) is 1. The Kier molecular flexibility index (Phi) is 5.61. The van der Waals surface area contributed by atoms with Crippen LogP contribution in [0.1, 0.15) is 54.6 Å². The number of carboxylic acids is 1. The van der Waals surface area contributed by atoms with Gasteiger partial charge in [-0.05, 0) is 55.5 Å². The normalized spacial score (nSPS) is 11.2. The molecule has 0 saturated carbocycles. The molecule has 0 fully saturated rings. The maximum atomic E-state index is 11.4. The summed E-state index contributed by atoms with van der Waals surface area (Å²) in [4.78, 5) is 11.4. The third-order valence-electron chi connectivity index (χ3n) is 4.16. The van der Waals surface area contributed by atoms with E-state index in [0.29, 0.717) is 12.1 Å². The molecule has 4 heteroatoms. The van der Waals surface area contributed by atoms with Crippen molar-refractivity contribution in [2.75, 3.05) is 6.54 Å². The molecule has 3 N–H and O–H groups in total. The number of unbranched alkanes of at least 4 members (excludes halogenated alkanes) is 1. The van der Waals surface area contributed by atoms with E-state index in [-0.39, 0.29) is 0 Å². The number of rotatable bonds is 8. The van der Waals surface area contributed by atoms with E-state index >= 15 is 0 Å². The molecule has 0 aliphatic carbocycles. The quantitative estimate of drug-likeness (QED) is 0.783. The van der Waals surface area contributed by atoms with Crippen LogP contribution in [0.25, 0.3) is 10.9 Å². The number of hydrogen-bond donors (Lipinski definition) is 2. The number of aromatic carboxylic acids is 1. The van der Waals surface area contributed by atoms with Gasteiger partial charge in [-0.1, -0.05) is 20.3 Å². The molecule has 22 heavy (non-hydrogen) atoms. The predicted octanol–water partition coefficient (Wildman–Crippen LogP) is 3.59. The maximum absolute atomic E-state index is 11.4. The molecule has 0 spiro atoms. The molecule has 2 rings (SSSR count). The van der Waals surface area contributed by atoms with Crippen LogP contribution in [0.5, 0.6) is 0 Å². The van der Waals surface area contributed by atoms with Gasteiger partial charge in [-0.3, -0.25) is 0 Å². The van der Waals surface area contributed by atoms with Crippen LogP contribution in [0.4, 0.5) is 0 Å². The van der Waals surface area contributed by atoms with E-state index in [2.05, 4.69) is 24.6 Å². The topological polar surface area (TPSA) is 68.2 Å². The zero-order valence-electron chi connectivity index (χ0n) is 13.6. The lowest BCUT2D eigenvalue weighted by Crippen LogP contribution is -2.02. The van der Waals surface area contributed by atoms with E-state index in [1.807, 2.05) is 12.1 Å². The number of nitrogens with zero attached hydrogens (tertiary/aromatic N) is 1. The molecule has 1 heterocycles. The SMILES string of the molecule is CCCCn1cc(CCCN)c2cc(C(=O)O)cc(CC)c21. The van der Waals surface area contributed by atoms with Crippen molar-refractivity contribution >= 4 is 16.9 Å². The molecule has 0 aliphatic heterocycles. The van der Waals surface area contributed by atoms with Gasteiger partial charge in [0.15, 0.2) is 0 Å². The number of carbonyl (C=O) groups is 1. The van der Waals surface area contributed by atoms with Crippen LogP contribution in [0.3, 0.4) is 0 Å². The second-order valence-electron chi connectivity index (χ2n) is 5.78. The highest BCUT2D eigenvalue weighted by atomic mass is 16.4. The molecule has 0 radical (unpaired) electrons. The second kappa shape index (κ2) is 7.45. The smallest absolute Gasteiger partial charge is 0.335 e. The highest BCUT2D eigenvalue weighted by Gasteiger charge is 2.15. The summed E-state index contributed by atoms with van der Waals surface area (Å²) in [6.07, 6.45) is 7.13. The van der Waals surface area contributed by atoms with Gasteiger partial charge in [-0.25, -0.2) is 4.79 Å². The van der Waals surface area contributed by atoms with Crippen LogP contribution in [0.15, 0.2) is 18.3 Å². The van der Waals surface area contributed by atoms with E-state index in [1.165, 1.54) is 11.1 Å². The van der Waals surface area contributed by atoms with Crippen LogP contribution < -0.4 is 5.73 Å². The molecule has 0 amide bonds. The minimum absolute atomic E-state index is 0.381. The molecule has 0 unspecified atom stereocenters. The highest BCUT2D eigenvalue weighted by Crippen LogP contribution is 2.28. The molecular formula is C18H26N2O2. The van der Waals surface area contributed by atoms with Gasteiger partial charge >= 0.3 is 5.97 Å². The predicted molar refractivity (Wildman–Crippen MR) is 90.6 cm³/mol. The van der Waals surface area contributed by atoms with Gasteiger partial charge in [0.05, 0.1) is 11.1 Å². The summed E-state index contributed by atoms with van der Waals surface area (Å²) < 4.78 is 2.30. The minimum Gasteiger partial charge on any atom is -0.478 e. The Morgan fingerprint density at radius 3 is 2.59 bits per heavy atom. The van der Waals surface area contributed by atoms with Crippen LogP contribution in [0.2, 0.25) is 0 Å². The molecule has 0 saturated heterocycles. The van der Waals surface area contributed by atoms with Crippen LogP contribution >= 0.6 is 0 Å². The van der Waals surface area contributed by atoms with E-state index < -0.39 is 5.97 Å². The Morgan fingerprint density at radius 2 is 2.00 bits per heavy atom. The molecule has 4 nitrogen and oxygen atoms in total. The van der Waals surface area contributed by atoms with Gasteiger partial charge in [-0.2, -0.15) is 0 Å². The fourth-order valence-electron chi connectivity index (χ4n) is 2.99. The van der Waals surface area contributed by atoms with Crippen molar-refractivity contribution in [3.8, 4) is 0 Å². The first kappa shape index (κ1) is 16.6. The van der Waals surface area contributed by atoms with Crippen molar-refractivity contribution in [1.82, 2.24) is 4.57 Å². The lowest BCUT2D eigenvalue weighted by atomic mass is 10.0. The van der Waals surface area contributed by atoms with E-state index in [9.17, 15) is 9.90 Å². The Morgan fingerprint density at radius 1 is 1.23 bits per heavy atom. The fraction of sp³-hybridized carbons (Fsp3) is 0.500. The molecule has 1 aromatic heterocycles. The fourth-order valence-corrected chi connectivity index (χ4v) is 2.99. The van der Waals surface area contributed by atoms with Crippen LogP contribution in [-0.2, 0) is 19.4 Å². The van der Waals surface area contributed by atoms with Gasteiger partial charge in [0.1, 0.15) is 0 Å². The summed E-state index contributed by atoms with van der Waals surface area (Å²) in [5, 5.41) is 10.4. The van der Waals surface area contributed by atoms with Gasteiger partial charge in [0.25, 0.3) is 0 Å². The van der Waals surface area contributed by atoms with Crippen molar-refractivity contribution in [3.63, 3.8) is 0 Å². The van der Waals surface area contributed by atoms with Crippen LogP contribution in [-0.4, -0.2) is 22.2 Å². The number of hydrogen-bond acceptors (Lipinski definition) is 2. The number of aryl methyl sites for hydroxylation is 3. The Labute approximate surface area is 131 Å². The summed E-state index contributed by atoms with van der Waals surface area (Å²) in [5.41, 5.74) is 9.56. The van der Waals surface area contributed by atoms with Crippen LogP contribution in [0, 0.1) is 0 Å². The first-order valence-corrected chi connectivity index (χ1v) is 8.20. The van der Waals surface area contributed by atoms with Crippen molar-refractivity contribution in [2.45, 2.75) is 52.5 Å². The Balaban J connectivity index is 2.61. The van der Waals surface area contributed by atoms with Gasteiger partial charge in [-0.15, -0.1) is 0 Å². The zero-order valence-corrected chi connectivity index (χ0v) is 13.6. The average Bonchev–Trinajstić information content (AvgIpc) is 2.87. The summed E-state index contributed by atoms with van der Waals surface area (Å²) in [5.74, 6) is -0.859. The average molecular weight is 302 g/mol. The molecule has 1 aromatic carbocycles. The van der Waals surface area contributed by atoms with Gasteiger partial charge in [0, 0.05) is 18.1 Å². The summed E-state index contributed by atoms with van der Waals surface area (Å²) in [7, 11) is 0. The summed E-state index contributed by atoms with van der Waals surface area (Å²) in [6.45, 7) is 5.90. The monoisotopic (exact) mass is 302 g/mol. The minimum atomic E-state index is -0.859. The lowest BCUT2D eigenvalue weighted by Gasteiger charge is -2.09. The van der Waals surface area contributed by atoms with Gasteiger partial charge < -0.3 is 15.4 Å². The third-order valence-corrected chi connectivity index (χ3v) is 4.16. The molecule has 120 valence electrons. The number of benzene rings is 1. The molecule has 0 aliphatic rings.